The first-order valence-electron chi connectivity index (χ1n) is 7.33. The van der Waals surface area contributed by atoms with E-state index in [2.05, 4.69) is 25.7 Å². The molecule has 0 saturated carbocycles. The van der Waals surface area contributed by atoms with Gasteiger partial charge in [0.2, 0.25) is 0 Å². The molecule has 0 fully saturated rings. The fourth-order valence-corrected chi connectivity index (χ4v) is 1.84. The number of ether oxygens (including phenoxy) is 1. The van der Waals surface area contributed by atoms with Gasteiger partial charge in [-0.3, -0.25) is 4.79 Å². The Hall–Kier alpha value is -1.75. The monoisotopic (exact) mass is 272 g/mol. The molecule has 0 unspecified atom stereocenters. The summed E-state index contributed by atoms with van der Waals surface area (Å²) in [7, 11) is 0. The largest absolute Gasteiger partial charge is 0.452 e. The smallest absolute Gasteiger partial charge is 0.311 e. The van der Waals surface area contributed by atoms with Crippen molar-refractivity contribution in [1.82, 2.24) is 0 Å². The van der Waals surface area contributed by atoms with Crippen LogP contribution in [-0.4, -0.2) is 12.6 Å². The van der Waals surface area contributed by atoms with Gasteiger partial charge < -0.3 is 4.74 Å². The molecule has 0 spiro atoms. The van der Waals surface area contributed by atoms with Gasteiger partial charge in [0.1, 0.15) is 0 Å². The Balaban J connectivity index is 2.07. The van der Waals surface area contributed by atoms with E-state index in [-0.39, 0.29) is 12.6 Å². The molecule has 1 rings (SSSR count). The summed E-state index contributed by atoms with van der Waals surface area (Å²) in [4.78, 5) is 11.5. The lowest BCUT2D eigenvalue weighted by Gasteiger charge is -2.01. The van der Waals surface area contributed by atoms with E-state index in [0.717, 1.165) is 24.3 Å². The molecule has 0 aromatic heterocycles. The van der Waals surface area contributed by atoms with E-state index < -0.39 is 0 Å². The number of benzene rings is 1. The number of esters is 1. The van der Waals surface area contributed by atoms with Crippen molar-refractivity contribution in [3.05, 3.63) is 35.9 Å². The highest BCUT2D eigenvalue weighted by molar-refractivity contribution is 5.72. The minimum atomic E-state index is -0.217. The molecular weight excluding hydrogens is 248 g/mol. The first-order chi connectivity index (χ1) is 9.68. The molecule has 0 N–H and O–H groups in total. The van der Waals surface area contributed by atoms with Gasteiger partial charge in [-0.1, -0.05) is 68.9 Å². The predicted molar refractivity (Wildman–Crippen MR) is 82.2 cm³/mol. The van der Waals surface area contributed by atoms with Crippen LogP contribution in [0.4, 0.5) is 0 Å². The Labute approximate surface area is 122 Å². The first kappa shape index (κ1) is 16.3. The molecule has 0 atom stereocenters. The van der Waals surface area contributed by atoms with Crippen molar-refractivity contribution >= 4 is 5.97 Å². The summed E-state index contributed by atoms with van der Waals surface area (Å²) >= 11 is 0. The Morgan fingerprint density at radius 1 is 1.15 bits per heavy atom. The normalized spacial score (nSPS) is 9.95. The molecule has 1 aromatic carbocycles. The van der Waals surface area contributed by atoms with Gasteiger partial charge in [-0.25, -0.2) is 0 Å². The molecule has 0 aliphatic heterocycles. The molecule has 0 aliphatic rings. The van der Waals surface area contributed by atoms with Crippen molar-refractivity contribution in [3.63, 3.8) is 0 Å². The summed E-state index contributed by atoms with van der Waals surface area (Å²) < 4.78 is 5.08. The predicted octanol–water partition coefficient (Wildman–Crippen LogP) is 3.99. The maximum Gasteiger partial charge on any atom is 0.311 e. The maximum absolute atomic E-state index is 11.5. The Morgan fingerprint density at radius 3 is 2.60 bits per heavy atom. The fraction of sp³-hybridized carbons (Fsp3) is 0.500. The molecule has 0 heterocycles. The summed E-state index contributed by atoms with van der Waals surface area (Å²) in [6.45, 7) is 4.67. The van der Waals surface area contributed by atoms with Crippen molar-refractivity contribution in [2.24, 2.45) is 5.92 Å². The summed E-state index contributed by atoms with van der Waals surface area (Å²) in [5.41, 5.74) is 0.971. The third kappa shape index (κ3) is 8.37. The number of rotatable bonds is 7. The highest BCUT2D eigenvalue weighted by Gasteiger charge is 2.02. The number of carbonyl (C=O) groups is 1. The molecular formula is C18H24O2. The van der Waals surface area contributed by atoms with Gasteiger partial charge in [-0.2, -0.15) is 0 Å². The second kappa shape index (κ2) is 10.1. The molecule has 0 amide bonds. The summed E-state index contributed by atoms with van der Waals surface area (Å²) in [5, 5.41) is 0. The van der Waals surface area contributed by atoms with Gasteiger partial charge >= 0.3 is 5.97 Å². The van der Waals surface area contributed by atoms with Crippen LogP contribution in [0.2, 0.25) is 0 Å². The van der Waals surface area contributed by atoms with E-state index in [1.807, 2.05) is 30.3 Å². The zero-order valence-corrected chi connectivity index (χ0v) is 12.5. The quantitative estimate of drug-likeness (QED) is 0.426. The van der Waals surface area contributed by atoms with Crippen molar-refractivity contribution < 1.29 is 9.53 Å². The van der Waals surface area contributed by atoms with E-state index in [9.17, 15) is 4.79 Å². The summed E-state index contributed by atoms with van der Waals surface area (Å²) in [6, 6.07) is 9.60. The molecule has 0 radical (unpaired) electrons. The minimum absolute atomic E-state index is 0.204. The van der Waals surface area contributed by atoms with Crippen LogP contribution in [0, 0.1) is 17.8 Å². The van der Waals surface area contributed by atoms with E-state index >= 15 is 0 Å². The van der Waals surface area contributed by atoms with Crippen molar-refractivity contribution in [1.29, 1.82) is 0 Å². The average molecular weight is 272 g/mol. The first-order valence-corrected chi connectivity index (χ1v) is 7.33. The summed E-state index contributed by atoms with van der Waals surface area (Å²) in [5.74, 6) is 6.50. The van der Waals surface area contributed by atoms with E-state index in [1.54, 1.807) is 0 Å². The van der Waals surface area contributed by atoms with Gasteiger partial charge in [-0.05, 0) is 17.9 Å². The molecule has 1 aromatic rings. The van der Waals surface area contributed by atoms with Crippen LogP contribution >= 0.6 is 0 Å². The molecule has 2 heteroatoms. The van der Waals surface area contributed by atoms with E-state index in [1.165, 1.54) is 12.8 Å². The highest BCUT2D eigenvalue weighted by Crippen LogP contribution is 2.07. The van der Waals surface area contributed by atoms with Crippen LogP contribution in [0.5, 0.6) is 0 Å². The lowest BCUT2D eigenvalue weighted by molar-refractivity contribution is -0.141. The minimum Gasteiger partial charge on any atom is -0.452 e. The van der Waals surface area contributed by atoms with Gasteiger partial charge in [0.25, 0.3) is 0 Å². The Kier molecular flexibility index (Phi) is 8.22. The highest BCUT2D eigenvalue weighted by atomic mass is 16.5. The third-order valence-corrected chi connectivity index (χ3v) is 2.95. The lowest BCUT2D eigenvalue weighted by Crippen LogP contribution is -2.07. The van der Waals surface area contributed by atoms with Crippen LogP contribution in [-0.2, 0) is 16.0 Å². The average Bonchev–Trinajstić information content (AvgIpc) is 2.42. The molecule has 108 valence electrons. The number of carbonyl (C=O) groups excluding carboxylic acids is 1. The van der Waals surface area contributed by atoms with Crippen LogP contribution in [0.25, 0.3) is 0 Å². The van der Waals surface area contributed by atoms with Crippen molar-refractivity contribution in [2.75, 3.05) is 6.61 Å². The van der Waals surface area contributed by atoms with Crippen LogP contribution in [0.1, 0.15) is 45.1 Å². The second-order valence-corrected chi connectivity index (χ2v) is 5.32. The fourth-order valence-electron chi connectivity index (χ4n) is 1.84. The molecule has 0 aliphatic carbocycles. The van der Waals surface area contributed by atoms with Gasteiger partial charge in [0, 0.05) is 6.42 Å². The number of unbranched alkanes of at least 4 members (excludes halogenated alkanes) is 2. The van der Waals surface area contributed by atoms with E-state index in [4.69, 9.17) is 4.74 Å². The van der Waals surface area contributed by atoms with Gasteiger partial charge in [-0.15, -0.1) is 0 Å². The topological polar surface area (TPSA) is 26.3 Å². The zero-order valence-electron chi connectivity index (χ0n) is 12.5. The van der Waals surface area contributed by atoms with Crippen molar-refractivity contribution in [2.45, 2.75) is 46.0 Å². The SMILES string of the molecule is CC(C)CCCCC#CCOC(=O)Cc1ccccc1. The third-order valence-electron chi connectivity index (χ3n) is 2.95. The Morgan fingerprint density at radius 2 is 1.90 bits per heavy atom. The van der Waals surface area contributed by atoms with Gasteiger partial charge in [0.05, 0.1) is 6.42 Å². The molecule has 0 saturated heterocycles. The number of hydrogen-bond donors (Lipinski definition) is 0. The lowest BCUT2D eigenvalue weighted by atomic mass is 10.1. The van der Waals surface area contributed by atoms with E-state index in [0.29, 0.717) is 6.42 Å². The second-order valence-electron chi connectivity index (χ2n) is 5.32. The molecule has 0 bridgehead atoms. The van der Waals surface area contributed by atoms with Crippen LogP contribution < -0.4 is 0 Å². The van der Waals surface area contributed by atoms with Crippen molar-refractivity contribution in [3.8, 4) is 11.8 Å². The summed E-state index contributed by atoms with van der Waals surface area (Å²) in [6.07, 6.45) is 4.82. The number of hydrogen-bond acceptors (Lipinski definition) is 2. The van der Waals surface area contributed by atoms with Gasteiger partial charge in [0.15, 0.2) is 6.61 Å². The Bertz CT molecular complexity index is 437. The maximum atomic E-state index is 11.5. The molecule has 2 nitrogen and oxygen atoms in total. The van der Waals surface area contributed by atoms with Crippen LogP contribution in [0.3, 0.4) is 0 Å². The zero-order chi connectivity index (χ0) is 14.6. The molecule has 20 heavy (non-hydrogen) atoms. The standard InChI is InChI=1S/C18H24O2/c1-16(2)11-7-4-3-5-10-14-20-18(19)15-17-12-8-6-9-13-17/h6,8-9,12-13,16H,3-4,7,11,14-15H2,1-2H3. The van der Waals surface area contributed by atoms with Crippen LogP contribution in [0.15, 0.2) is 30.3 Å².